The van der Waals surface area contributed by atoms with Crippen molar-refractivity contribution in [1.82, 2.24) is 14.5 Å². The number of hydrogen-bond acceptors (Lipinski definition) is 2. The van der Waals surface area contributed by atoms with Gasteiger partial charge in [-0.15, -0.1) is 0 Å². The fourth-order valence-corrected chi connectivity index (χ4v) is 3.81. The number of nitrogens with one attached hydrogen (secondary N) is 1. The van der Waals surface area contributed by atoms with Gasteiger partial charge in [0.2, 0.25) is 0 Å². The van der Waals surface area contributed by atoms with Crippen LogP contribution in [0.15, 0.2) is 12.1 Å². The lowest BCUT2D eigenvalue weighted by Crippen LogP contribution is -2.38. The summed E-state index contributed by atoms with van der Waals surface area (Å²) in [6.07, 6.45) is 2.10. The van der Waals surface area contributed by atoms with Gasteiger partial charge in [-0.25, -0.2) is 4.39 Å². The largest absolute Gasteiger partial charge is 0.331 e. The van der Waals surface area contributed by atoms with E-state index in [2.05, 4.69) is 28.4 Å². The number of halogens is 2. The first kappa shape index (κ1) is 14.5. The number of imidazole rings is 1. The second-order valence-corrected chi connectivity index (χ2v) is 7.14. The van der Waals surface area contributed by atoms with Gasteiger partial charge in [-0.05, 0) is 67.7 Å². The summed E-state index contributed by atoms with van der Waals surface area (Å²) in [4.78, 5) is 5.57. The lowest BCUT2D eigenvalue weighted by molar-refractivity contribution is 0.158. The predicted molar refractivity (Wildman–Crippen MR) is 90.2 cm³/mol. The van der Waals surface area contributed by atoms with Crippen molar-refractivity contribution in [3.8, 4) is 0 Å². The molecule has 0 bridgehead atoms. The van der Waals surface area contributed by atoms with Crippen LogP contribution in [0.4, 0.5) is 4.39 Å². The molecule has 2 unspecified atom stereocenters. The standard InChI is InChI=1S/C14H17FIN3S/c1-8-5-9(3-4-18(8)2)19-13-6-10(15)11(16)7-12(13)17-14(19)20/h6-9H,3-5H2,1-2H3,(H,17,20). The van der Waals surface area contributed by atoms with Crippen molar-refractivity contribution >= 4 is 45.8 Å². The highest BCUT2D eigenvalue weighted by molar-refractivity contribution is 14.1. The quantitative estimate of drug-likeness (QED) is 0.571. The van der Waals surface area contributed by atoms with Crippen LogP contribution in [0.2, 0.25) is 0 Å². The SMILES string of the molecule is CC1CC(n2c(=S)[nH]c3cc(I)c(F)cc32)CCN1C. The molecule has 1 N–H and O–H groups in total. The van der Waals surface area contributed by atoms with Crippen LogP contribution in [0.3, 0.4) is 0 Å². The van der Waals surface area contributed by atoms with Gasteiger partial charge in [-0.2, -0.15) is 0 Å². The van der Waals surface area contributed by atoms with Gasteiger partial charge < -0.3 is 14.5 Å². The minimum absolute atomic E-state index is 0.179. The summed E-state index contributed by atoms with van der Waals surface area (Å²) >= 11 is 7.47. The van der Waals surface area contributed by atoms with E-state index in [0.717, 1.165) is 30.4 Å². The molecule has 1 aromatic carbocycles. The average Bonchev–Trinajstić information content (AvgIpc) is 2.69. The predicted octanol–water partition coefficient (Wildman–Crippen LogP) is 4.10. The van der Waals surface area contributed by atoms with Crippen LogP contribution >= 0.6 is 34.8 Å². The third-order valence-corrected chi connectivity index (χ3v) is 5.43. The maximum absolute atomic E-state index is 13.9. The molecular weight excluding hydrogens is 388 g/mol. The lowest BCUT2D eigenvalue weighted by Gasteiger charge is -2.35. The first-order chi connectivity index (χ1) is 9.47. The van der Waals surface area contributed by atoms with Crippen molar-refractivity contribution in [2.45, 2.75) is 31.8 Å². The van der Waals surface area contributed by atoms with E-state index >= 15 is 0 Å². The van der Waals surface area contributed by atoms with E-state index in [1.54, 1.807) is 6.07 Å². The molecule has 1 aliphatic rings. The Kier molecular flexibility index (Phi) is 3.89. The van der Waals surface area contributed by atoms with Gasteiger partial charge in [0.25, 0.3) is 0 Å². The van der Waals surface area contributed by atoms with E-state index in [-0.39, 0.29) is 5.82 Å². The molecule has 2 aromatic rings. The summed E-state index contributed by atoms with van der Waals surface area (Å²) in [6, 6.07) is 4.30. The molecule has 0 spiro atoms. The number of benzene rings is 1. The number of aromatic amines is 1. The number of rotatable bonds is 1. The summed E-state index contributed by atoms with van der Waals surface area (Å²) in [5.74, 6) is -0.179. The molecule has 3 rings (SSSR count). The van der Waals surface area contributed by atoms with E-state index in [1.807, 2.05) is 28.7 Å². The smallest absolute Gasteiger partial charge is 0.178 e. The number of piperidine rings is 1. The molecule has 2 atom stereocenters. The molecule has 1 saturated heterocycles. The number of fused-ring (bicyclic) bond motifs is 1. The third kappa shape index (κ3) is 2.42. The number of likely N-dealkylation sites (tertiary alicyclic amines) is 1. The van der Waals surface area contributed by atoms with Gasteiger partial charge >= 0.3 is 0 Å². The maximum atomic E-state index is 13.9. The Labute approximate surface area is 136 Å². The first-order valence-electron chi connectivity index (χ1n) is 6.77. The van der Waals surface area contributed by atoms with Gasteiger partial charge in [0, 0.05) is 24.7 Å². The van der Waals surface area contributed by atoms with E-state index in [0.29, 0.717) is 20.4 Å². The van der Waals surface area contributed by atoms with Crippen LogP contribution in [-0.2, 0) is 0 Å². The van der Waals surface area contributed by atoms with Gasteiger partial charge in [0.1, 0.15) is 5.82 Å². The first-order valence-corrected chi connectivity index (χ1v) is 8.25. The van der Waals surface area contributed by atoms with Crippen molar-refractivity contribution < 1.29 is 4.39 Å². The summed E-state index contributed by atoms with van der Waals surface area (Å²) in [5, 5.41) is 0. The zero-order valence-electron chi connectivity index (χ0n) is 11.5. The number of aromatic nitrogens is 2. The molecule has 0 saturated carbocycles. The van der Waals surface area contributed by atoms with Gasteiger partial charge in [0.15, 0.2) is 4.77 Å². The Morgan fingerprint density at radius 1 is 1.45 bits per heavy atom. The Morgan fingerprint density at radius 3 is 2.90 bits per heavy atom. The van der Waals surface area contributed by atoms with Gasteiger partial charge in [-0.3, -0.25) is 0 Å². The highest BCUT2D eigenvalue weighted by Crippen LogP contribution is 2.31. The minimum Gasteiger partial charge on any atom is -0.331 e. The van der Waals surface area contributed by atoms with Gasteiger partial charge in [-0.1, -0.05) is 0 Å². The normalized spacial score (nSPS) is 24.4. The van der Waals surface area contributed by atoms with Crippen molar-refractivity contribution in [2.75, 3.05) is 13.6 Å². The van der Waals surface area contributed by atoms with Crippen LogP contribution in [0.25, 0.3) is 11.0 Å². The van der Waals surface area contributed by atoms with Gasteiger partial charge in [0.05, 0.1) is 14.6 Å². The highest BCUT2D eigenvalue weighted by atomic mass is 127. The minimum atomic E-state index is -0.179. The molecule has 1 fully saturated rings. The van der Waals surface area contributed by atoms with Crippen LogP contribution in [-0.4, -0.2) is 34.1 Å². The Morgan fingerprint density at radius 2 is 2.20 bits per heavy atom. The fraction of sp³-hybridized carbons (Fsp3) is 0.500. The van der Waals surface area contributed by atoms with Crippen molar-refractivity contribution in [2.24, 2.45) is 0 Å². The second kappa shape index (κ2) is 5.38. The van der Waals surface area contributed by atoms with Crippen LogP contribution in [0.5, 0.6) is 0 Å². The Hall–Kier alpha value is -0.470. The Bertz CT molecular complexity index is 708. The maximum Gasteiger partial charge on any atom is 0.178 e. The molecule has 1 aliphatic heterocycles. The van der Waals surface area contributed by atoms with Crippen molar-refractivity contribution in [1.29, 1.82) is 0 Å². The average molecular weight is 405 g/mol. The zero-order valence-corrected chi connectivity index (χ0v) is 14.5. The molecule has 6 heteroatoms. The summed E-state index contributed by atoms with van der Waals surface area (Å²) < 4.78 is 17.3. The van der Waals surface area contributed by atoms with E-state index in [4.69, 9.17) is 12.2 Å². The fourth-order valence-electron chi connectivity index (χ4n) is 2.98. The van der Waals surface area contributed by atoms with Crippen molar-refractivity contribution in [3.05, 3.63) is 26.3 Å². The molecule has 0 radical (unpaired) electrons. The van der Waals surface area contributed by atoms with Crippen molar-refractivity contribution in [3.63, 3.8) is 0 Å². The number of H-pyrrole nitrogens is 1. The molecule has 20 heavy (non-hydrogen) atoms. The highest BCUT2D eigenvalue weighted by Gasteiger charge is 2.25. The Balaban J connectivity index is 2.09. The van der Waals surface area contributed by atoms with Crippen LogP contribution < -0.4 is 0 Å². The second-order valence-electron chi connectivity index (χ2n) is 5.59. The van der Waals surface area contributed by atoms with E-state index in [9.17, 15) is 4.39 Å². The molecular formula is C14H17FIN3S. The monoisotopic (exact) mass is 405 g/mol. The summed E-state index contributed by atoms with van der Waals surface area (Å²) in [6.45, 7) is 3.28. The molecule has 108 valence electrons. The molecule has 1 aromatic heterocycles. The van der Waals surface area contributed by atoms with Crippen LogP contribution in [0, 0.1) is 14.2 Å². The van der Waals surface area contributed by atoms with E-state index in [1.165, 1.54) is 0 Å². The third-order valence-electron chi connectivity index (χ3n) is 4.30. The number of hydrogen-bond donors (Lipinski definition) is 1. The summed E-state index contributed by atoms with van der Waals surface area (Å²) in [5.41, 5.74) is 1.81. The zero-order chi connectivity index (χ0) is 14.4. The molecule has 3 nitrogen and oxygen atoms in total. The lowest BCUT2D eigenvalue weighted by atomic mass is 9.98. The molecule has 0 aliphatic carbocycles. The molecule has 2 heterocycles. The topological polar surface area (TPSA) is 24.0 Å². The molecule has 0 amide bonds. The van der Waals surface area contributed by atoms with E-state index < -0.39 is 0 Å². The summed E-state index contributed by atoms with van der Waals surface area (Å²) in [7, 11) is 2.15. The van der Waals surface area contributed by atoms with Crippen LogP contribution in [0.1, 0.15) is 25.8 Å². The number of nitrogens with zero attached hydrogens (tertiary/aromatic N) is 2.